The average Bonchev–Trinajstić information content (AvgIpc) is 3.33. The van der Waals surface area contributed by atoms with Crippen LogP contribution >= 0.6 is 0 Å². The highest BCUT2D eigenvalue weighted by atomic mass is 19.4. The summed E-state index contributed by atoms with van der Waals surface area (Å²) >= 11 is 0. The Labute approximate surface area is 177 Å². The molecule has 0 unspecified atom stereocenters. The van der Waals surface area contributed by atoms with Crippen LogP contribution < -0.4 is 4.74 Å². The fourth-order valence-corrected chi connectivity index (χ4v) is 3.17. The van der Waals surface area contributed by atoms with Crippen molar-refractivity contribution in [1.82, 2.24) is 9.97 Å². The number of hydrogen-bond acceptors (Lipinski definition) is 3. The van der Waals surface area contributed by atoms with E-state index in [-0.39, 0.29) is 22.9 Å². The van der Waals surface area contributed by atoms with Crippen molar-refractivity contribution in [1.29, 1.82) is 0 Å². The van der Waals surface area contributed by atoms with Crippen molar-refractivity contribution in [3.63, 3.8) is 0 Å². The molecule has 0 fully saturated rings. The maximum Gasteiger partial charge on any atom is 0.573 e. The van der Waals surface area contributed by atoms with E-state index in [0.29, 0.717) is 17.0 Å². The Morgan fingerprint density at radius 3 is 2.16 bits per heavy atom. The molecule has 4 aromatic rings. The standard InChI is InChI=1S/C22H14F6N2O2/c1-12-19(13-6-8-14(9-7-13)21(23,24)25)30-20(29-12)18-11-10-16(31-18)15-4-2-3-5-17(15)32-22(26,27)28/h2-11H,1H3,(H,29,30). The van der Waals surface area contributed by atoms with Gasteiger partial charge >= 0.3 is 12.5 Å². The fourth-order valence-electron chi connectivity index (χ4n) is 3.17. The SMILES string of the molecule is Cc1[nH]c(-c2ccc(-c3ccccc3OC(F)(F)F)o2)nc1-c1ccc(C(F)(F)F)cc1. The van der Waals surface area contributed by atoms with Gasteiger partial charge in [0.1, 0.15) is 11.5 Å². The second-order valence-corrected chi connectivity index (χ2v) is 6.84. The second-order valence-electron chi connectivity index (χ2n) is 6.84. The van der Waals surface area contributed by atoms with Gasteiger partial charge in [-0.25, -0.2) is 4.98 Å². The molecule has 0 radical (unpaired) electrons. The first kappa shape index (κ1) is 21.5. The van der Waals surface area contributed by atoms with Crippen molar-refractivity contribution in [3.05, 3.63) is 71.9 Å². The summed E-state index contributed by atoms with van der Waals surface area (Å²) in [6.45, 7) is 1.69. The topological polar surface area (TPSA) is 51.0 Å². The molecule has 2 aromatic carbocycles. The molecule has 0 amide bonds. The Kier molecular flexibility index (Phi) is 5.23. The van der Waals surface area contributed by atoms with Gasteiger partial charge in [-0.15, -0.1) is 13.2 Å². The number of halogens is 6. The maximum absolute atomic E-state index is 12.8. The number of nitrogens with zero attached hydrogens (tertiary/aromatic N) is 1. The molecule has 0 aliphatic rings. The number of furan rings is 1. The van der Waals surface area contributed by atoms with Crippen LogP contribution in [0.25, 0.3) is 34.2 Å². The zero-order valence-electron chi connectivity index (χ0n) is 16.3. The van der Waals surface area contributed by atoms with E-state index in [1.807, 2.05) is 0 Å². The quantitative estimate of drug-likeness (QED) is 0.333. The van der Waals surface area contributed by atoms with Crippen LogP contribution in [0.15, 0.2) is 65.1 Å². The lowest BCUT2D eigenvalue weighted by molar-refractivity contribution is -0.274. The number of ether oxygens (including phenoxy) is 1. The lowest BCUT2D eigenvalue weighted by Gasteiger charge is -2.11. The lowest BCUT2D eigenvalue weighted by Crippen LogP contribution is -2.17. The van der Waals surface area contributed by atoms with Crippen LogP contribution in [0, 0.1) is 6.92 Å². The molecule has 0 aliphatic heterocycles. The molecular weight excluding hydrogens is 438 g/mol. The summed E-state index contributed by atoms with van der Waals surface area (Å²) in [5.41, 5.74) is 0.798. The van der Waals surface area contributed by atoms with Crippen molar-refractivity contribution in [3.8, 4) is 39.9 Å². The van der Waals surface area contributed by atoms with Gasteiger partial charge < -0.3 is 14.1 Å². The largest absolute Gasteiger partial charge is 0.573 e. The van der Waals surface area contributed by atoms with Gasteiger partial charge in [-0.3, -0.25) is 0 Å². The zero-order valence-corrected chi connectivity index (χ0v) is 16.3. The van der Waals surface area contributed by atoms with E-state index in [2.05, 4.69) is 14.7 Å². The van der Waals surface area contributed by atoms with E-state index in [0.717, 1.165) is 12.1 Å². The Morgan fingerprint density at radius 2 is 1.50 bits per heavy atom. The van der Waals surface area contributed by atoms with Crippen molar-refractivity contribution in [2.24, 2.45) is 0 Å². The number of aryl methyl sites for hydroxylation is 1. The molecule has 0 bridgehead atoms. The number of aromatic amines is 1. The van der Waals surface area contributed by atoms with E-state index in [1.54, 1.807) is 13.0 Å². The van der Waals surface area contributed by atoms with Gasteiger partial charge in [0.15, 0.2) is 11.6 Å². The molecule has 0 spiro atoms. The Bertz CT molecular complexity index is 1240. The molecule has 4 nitrogen and oxygen atoms in total. The van der Waals surface area contributed by atoms with Crippen molar-refractivity contribution < 1.29 is 35.5 Å². The van der Waals surface area contributed by atoms with E-state index in [1.165, 1.54) is 42.5 Å². The molecule has 0 aliphatic carbocycles. The Hall–Kier alpha value is -3.69. The number of H-pyrrole nitrogens is 1. The third kappa shape index (κ3) is 4.48. The number of rotatable bonds is 4. The normalized spacial score (nSPS) is 12.2. The molecule has 0 atom stereocenters. The minimum Gasteiger partial charge on any atom is -0.453 e. The number of hydrogen-bond donors (Lipinski definition) is 1. The van der Waals surface area contributed by atoms with E-state index in [4.69, 9.17) is 4.42 Å². The van der Waals surface area contributed by atoms with Gasteiger partial charge in [0, 0.05) is 11.3 Å². The summed E-state index contributed by atoms with van der Waals surface area (Å²) in [6, 6.07) is 13.1. The monoisotopic (exact) mass is 452 g/mol. The minimum atomic E-state index is -4.86. The highest BCUT2D eigenvalue weighted by Gasteiger charge is 2.32. The predicted molar refractivity (Wildman–Crippen MR) is 104 cm³/mol. The summed E-state index contributed by atoms with van der Waals surface area (Å²) in [6.07, 6.45) is -9.30. The van der Waals surface area contributed by atoms with Crippen LogP contribution in [0.1, 0.15) is 11.3 Å². The van der Waals surface area contributed by atoms with Crippen molar-refractivity contribution in [2.75, 3.05) is 0 Å². The van der Waals surface area contributed by atoms with Crippen LogP contribution in [-0.4, -0.2) is 16.3 Å². The van der Waals surface area contributed by atoms with Crippen LogP contribution in [0.5, 0.6) is 5.75 Å². The Balaban J connectivity index is 1.64. The molecule has 10 heteroatoms. The summed E-state index contributed by atoms with van der Waals surface area (Å²) in [5.74, 6) is 0.230. The lowest BCUT2D eigenvalue weighted by atomic mass is 10.1. The van der Waals surface area contributed by atoms with Gasteiger partial charge in [0.2, 0.25) is 0 Å². The van der Waals surface area contributed by atoms with Crippen LogP contribution in [0.4, 0.5) is 26.3 Å². The van der Waals surface area contributed by atoms with Gasteiger partial charge in [-0.05, 0) is 43.3 Å². The number of nitrogens with one attached hydrogen (secondary N) is 1. The fraction of sp³-hybridized carbons (Fsp3) is 0.136. The molecule has 2 heterocycles. The number of imidazole rings is 1. The highest BCUT2D eigenvalue weighted by molar-refractivity contribution is 5.70. The van der Waals surface area contributed by atoms with E-state index >= 15 is 0 Å². The number of alkyl halides is 6. The molecule has 4 rings (SSSR count). The smallest absolute Gasteiger partial charge is 0.453 e. The summed E-state index contributed by atoms with van der Waals surface area (Å²) in [5, 5.41) is 0. The maximum atomic E-state index is 12.8. The summed E-state index contributed by atoms with van der Waals surface area (Å²) < 4.78 is 86.1. The van der Waals surface area contributed by atoms with Gasteiger partial charge in [0.25, 0.3) is 0 Å². The van der Waals surface area contributed by atoms with Gasteiger partial charge in [-0.2, -0.15) is 13.2 Å². The number of aromatic nitrogens is 2. The minimum absolute atomic E-state index is 0.0994. The average molecular weight is 452 g/mol. The van der Waals surface area contributed by atoms with Gasteiger partial charge in [-0.1, -0.05) is 24.3 Å². The van der Waals surface area contributed by atoms with Gasteiger partial charge in [0.05, 0.1) is 16.8 Å². The van der Waals surface area contributed by atoms with Crippen molar-refractivity contribution in [2.45, 2.75) is 19.5 Å². The van der Waals surface area contributed by atoms with Crippen LogP contribution in [0.2, 0.25) is 0 Å². The highest BCUT2D eigenvalue weighted by Crippen LogP contribution is 2.37. The second kappa shape index (κ2) is 7.77. The van der Waals surface area contributed by atoms with Crippen LogP contribution in [-0.2, 0) is 6.18 Å². The number of benzene rings is 2. The predicted octanol–water partition coefficient (Wildman–Crippen LogP) is 7.23. The molecule has 0 saturated heterocycles. The van der Waals surface area contributed by atoms with Crippen LogP contribution in [0.3, 0.4) is 0 Å². The molecule has 0 saturated carbocycles. The third-order valence-electron chi connectivity index (χ3n) is 4.59. The molecule has 32 heavy (non-hydrogen) atoms. The van der Waals surface area contributed by atoms with E-state index in [9.17, 15) is 26.3 Å². The number of para-hydroxylation sites is 1. The first-order valence-corrected chi connectivity index (χ1v) is 9.21. The zero-order chi connectivity index (χ0) is 23.1. The molecular formula is C22H14F6N2O2. The molecule has 2 aromatic heterocycles. The van der Waals surface area contributed by atoms with E-state index < -0.39 is 23.9 Å². The summed E-state index contributed by atoms with van der Waals surface area (Å²) in [7, 11) is 0. The first-order chi connectivity index (χ1) is 15.0. The molecule has 1 N–H and O–H groups in total. The first-order valence-electron chi connectivity index (χ1n) is 9.21. The molecule has 166 valence electrons. The van der Waals surface area contributed by atoms with Crippen molar-refractivity contribution >= 4 is 0 Å². The summed E-state index contributed by atoms with van der Waals surface area (Å²) in [4.78, 5) is 7.37. The Morgan fingerprint density at radius 1 is 0.844 bits per heavy atom. The third-order valence-corrected chi connectivity index (χ3v) is 4.59.